The fourth-order valence-corrected chi connectivity index (χ4v) is 4.15. The zero-order valence-corrected chi connectivity index (χ0v) is 17.0. The highest BCUT2D eigenvalue weighted by Gasteiger charge is 2.44. The molecule has 3 heterocycles. The molecule has 0 saturated carbocycles. The average molecular weight is 417 g/mol. The standard InChI is InChI=1S/C24H19NO6/c1-28-18-11-5-9-16(22(18)29-2)20-19-21(26)15-8-3-4-10-17(15)31-23(19)24(27)25(20)13-14-7-6-12-30-14/h3-12,20H,13H2,1-2H3/t20-/m0/s1. The van der Waals surface area contributed by atoms with Crippen molar-refractivity contribution in [1.82, 2.24) is 4.90 Å². The highest BCUT2D eigenvalue weighted by molar-refractivity contribution is 5.99. The summed E-state index contributed by atoms with van der Waals surface area (Å²) >= 11 is 0. The largest absolute Gasteiger partial charge is 0.493 e. The van der Waals surface area contributed by atoms with E-state index in [1.165, 1.54) is 14.2 Å². The maximum absolute atomic E-state index is 13.5. The van der Waals surface area contributed by atoms with Crippen LogP contribution in [0.25, 0.3) is 11.0 Å². The molecule has 2 aromatic heterocycles. The smallest absolute Gasteiger partial charge is 0.291 e. The molecule has 0 aliphatic carbocycles. The average Bonchev–Trinajstić information content (AvgIpc) is 3.41. The minimum atomic E-state index is -0.724. The maximum Gasteiger partial charge on any atom is 0.291 e. The van der Waals surface area contributed by atoms with Gasteiger partial charge in [0.1, 0.15) is 11.3 Å². The van der Waals surface area contributed by atoms with Gasteiger partial charge in [0.25, 0.3) is 5.91 Å². The summed E-state index contributed by atoms with van der Waals surface area (Å²) in [6.07, 6.45) is 1.54. The van der Waals surface area contributed by atoms with Crippen molar-refractivity contribution < 1.29 is 23.1 Å². The number of ether oxygens (including phenoxy) is 2. The fourth-order valence-electron chi connectivity index (χ4n) is 4.15. The molecule has 1 atom stereocenters. The van der Waals surface area contributed by atoms with Crippen LogP contribution in [0.2, 0.25) is 0 Å². The lowest BCUT2D eigenvalue weighted by Gasteiger charge is -2.26. The molecule has 1 aliphatic rings. The van der Waals surface area contributed by atoms with Crippen molar-refractivity contribution in [3.8, 4) is 11.5 Å². The Kier molecular flexibility index (Phi) is 4.51. The molecule has 0 fully saturated rings. The van der Waals surface area contributed by atoms with Gasteiger partial charge in [-0.25, -0.2) is 0 Å². The summed E-state index contributed by atoms with van der Waals surface area (Å²) < 4.78 is 22.5. The van der Waals surface area contributed by atoms with Gasteiger partial charge >= 0.3 is 0 Å². The second-order valence-corrected chi connectivity index (χ2v) is 7.17. The minimum absolute atomic E-state index is 0.0325. The topological polar surface area (TPSA) is 82.1 Å². The molecule has 0 radical (unpaired) electrons. The summed E-state index contributed by atoms with van der Waals surface area (Å²) in [5.41, 5.74) is 1.03. The first-order chi connectivity index (χ1) is 15.1. The highest BCUT2D eigenvalue weighted by atomic mass is 16.5. The van der Waals surface area contributed by atoms with E-state index in [9.17, 15) is 9.59 Å². The Morgan fingerprint density at radius 1 is 0.968 bits per heavy atom. The molecule has 0 saturated heterocycles. The lowest BCUT2D eigenvalue weighted by atomic mass is 9.97. The number of carbonyl (C=O) groups excluding carboxylic acids is 1. The van der Waals surface area contributed by atoms with Gasteiger partial charge in [-0.1, -0.05) is 24.3 Å². The van der Waals surface area contributed by atoms with Crippen LogP contribution in [0.5, 0.6) is 11.5 Å². The summed E-state index contributed by atoms with van der Waals surface area (Å²) in [5, 5.41) is 0.417. The lowest BCUT2D eigenvalue weighted by Crippen LogP contribution is -2.29. The van der Waals surface area contributed by atoms with Gasteiger partial charge in [0.15, 0.2) is 16.9 Å². The Balaban J connectivity index is 1.79. The van der Waals surface area contributed by atoms with E-state index in [0.717, 1.165) is 0 Å². The van der Waals surface area contributed by atoms with Gasteiger partial charge in [0, 0.05) is 5.56 Å². The predicted molar refractivity (Wildman–Crippen MR) is 112 cm³/mol. The normalized spacial score (nSPS) is 15.4. The highest BCUT2D eigenvalue weighted by Crippen LogP contribution is 2.45. The van der Waals surface area contributed by atoms with E-state index in [0.29, 0.717) is 33.8 Å². The molecular formula is C24H19NO6. The number of rotatable bonds is 5. The fraction of sp³-hybridized carbons (Fsp3) is 0.167. The molecule has 5 rings (SSSR count). The van der Waals surface area contributed by atoms with Gasteiger partial charge in [-0.2, -0.15) is 0 Å². The molecule has 7 heteroatoms. The van der Waals surface area contributed by atoms with Gasteiger partial charge < -0.3 is 23.2 Å². The second-order valence-electron chi connectivity index (χ2n) is 7.17. The quantitative estimate of drug-likeness (QED) is 0.485. The van der Waals surface area contributed by atoms with Crippen LogP contribution < -0.4 is 14.9 Å². The van der Waals surface area contributed by atoms with Crippen LogP contribution in [0, 0.1) is 0 Å². The van der Waals surface area contributed by atoms with Crippen molar-refractivity contribution in [2.24, 2.45) is 0 Å². The van der Waals surface area contributed by atoms with Crippen molar-refractivity contribution in [3.63, 3.8) is 0 Å². The number of amides is 1. The molecule has 31 heavy (non-hydrogen) atoms. The van der Waals surface area contributed by atoms with Crippen LogP contribution >= 0.6 is 0 Å². The van der Waals surface area contributed by atoms with E-state index in [2.05, 4.69) is 0 Å². The van der Waals surface area contributed by atoms with Gasteiger partial charge in [-0.3, -0.25) is 9.59 Å². The maximum atomic E-state index is 13.5. The SMILES string of the molecule is COc1cccc([C@H]2c3c(oc4ccccc4c3=O)C(=O)N2Cc2ccco2)c1OC. The molecule has 4 aromatic rings. The van der Waals surface area contributed by atoms with E-state index in [1.807, 2.05) is 6.07 Å². The van der Waals surface area contributed by atoms with E-state index in [1.54, 1.807) is 59.7 Å². The number of carbonyl (C=O) groups is 1. The number of para-hydroxylation sites is 2. The Hall–Kier alpha value is -4.00. The molecule has 0 unspecified atom stereocenters. The van der Waals surface area contributed by atoms with Crippen molar-refractivity contribution in [2.45, 2.75) is 12.6 Å². The van der Waals surface area contributed by atoms with Gasteiger partial charge in [-0.05, 0) is 30.3 Å². The number of methoxy groups -OCH3 is 2. The van der Waals surface area contributed by atoms with Crippen molar-refractivity contribution >= 4 is 16.9 Å². The van der Waals surface area contributed by atoms with E-state index in [-0.39, 0.29) is 29.2 Å². The van der Waals surface area contributed by atoms with Crippen LogP contribution in [-0.2, 0) is 6.54 Å². The zero-order valence-electron chi connectivity index (χ0n) is 17.0. The van der Waals surface area contributed by atoms with Crippen LogP contribution in [0.1, 0.15) is 33.5 Å². The first-order valence-electron chi connectivity index (χ1n) is 9.74. The molecule has 0 bridgehead atoms. The third kappa shape index (κ3) is 2.89. The summed E-state index contributed by atoms with van der Waals surface area (Å²) in [6, 6.07) is 15.1. The number of benzene rings is 2. The van der Waals surface area contributed by atoms with Crippen LogP contribution in [-0.4, -0.2) is 25.0 Å². The molecule has 156 valence electrons. The number of furan rings is 1. The number of hydrogen-bond acceptors (Lipinski definition) is 6. The van der Waals surface area contributed by atoms with Crippen molar-refractivity contribution in [1.29, 1.82) is 0 Å². The van der Waals surface area contributed by atoms with Crippen LogP contribution in [0.3, 0.4) is 0 Å². The summed E-state index contributed by atoms with van der Waals surface area (Å²) in [7, 11) is 3.07. The summed E-state index contributed by atoms with van der Waals surface area (Å²) in [6.45, 7) is 0.164. The Morgan fingerprint density at radius 3 is 2.55 bits per heavy atom. The lowest BCUT2D eigenvalue weighted by molar-refractivity contribution is 0.0699. The minimum Gasteiger partial charge on any atom is -0.493 e. The van der Waals surface area contributed by atoms with E-state index < -0.39 is 6.04 Å². The van der Waals surface area contributed by atoms with Gasteiger partial charge in [0.05, 0.1) is 44.0 Å². The predicted octanol–water partition coefficient (Wildman–Crippen LogP) is 4.15. The zero-order chi connectivity index (χ0) is 21.5. The van der Waals surface area contributed by atoms with Crippen molar-refractivity contribution in [2.75, 3.05) is 14.2 Å². The first kappa shape index (κ1) is 19.0. The third-order valence-electron chi connectivity index (χ3n) is 5.51. The van der Waals surface area contributed by atoms with E-state index in [4.69, 9.17) is 18.3 Å². The molecule has 0 N–H and O–H groups in total. The Morgan fingerprint density at radius 2 is 1.81 bits per heavy atom. The monoisotopic (exact) mass is 417 g/mol. The second kappa shape index (κ2) is 7.36. The molecular weight excluding hydrogens is 398 g/mol. The molecule has 0 spiro atoms. The number of hydrogen-bond donors (Lipinski definition) is 0. The van der Waals surface area contributed by atoms with Crippen LogP contribution in [0.15, 0.2) is 74.5 Å². The van der Waals surface area contributed by atoms with Crippen LogP contribution in [0.4, 0.5) is 0 Å². The Labute approximate surface area is 177 Å². The van der Waals surface area contributed by atoms with Gasteiger partial charge in [-0.15, -0.1) is 0 Å². The van der Waals surface area contributed by atoms with Crippen molar-refractivity contribution in [3.05, 3.63) is 93.7 Å². The number of fused-ring (bicyclic) bond motifs is 2. The third-order valence-corrected chi connectivity index (χ3v) is 5.51. The summed E-state index contributed by atoms with van der Waals surface area (Å²) in [5.74, 6) is 1.19. The molecule has 1 amide bonds. The summed E-state index contributed by atoms with van der Waals surface area (Å²) in [4.78, 5) is 28.5. The molecule has 1 aliphatic heterocycles. The molecule has 7 nitrogen and oxygen atoms in total. The van der Waals surface area contributed by atoms with Gasteiger partial charge in [0.2, 0.25) is 5.76 Å². The number of nitrogens with zero attached hydrogens (tertiary/aromatic N) is 1. The van der Waals surface area contributed by atoms with E-state index >= 15 is 0 Å². The Bertz CT molecular complexity index is 1340. The molecule has 2 aromatic carbocycles. The first-order valence-corrected chi connectivity index (χ1v) is 9.74.